The van der Waals surface area contributed by atoms with Crippen LogP contribution in [-0.2, 0) is 4.79 Å². The van der Waals surface area contributed by atoms with E-state index in [1.807, 2.05) is 13.8 Å². The van der Waals surface area contributed by atoms with Crippen LogP contribution in [0, 0.1) is 5.92 Å². The van der Waals surface area contributed by atoms with Crippen molar-refractivity contribution in [2.75, 3.05) is 17.2 Å². The summed E-state index contributed by atoms with van der Waals surface area (Å²) >= 11 is 0. The normalized spacial score (nSPS) is 12.5. The highest BCUT2D eigenvalue weighted by Gasteiger charge is 2.23. The first kappa shape index (κ1) is 17.2. The fraction of sp³-hybridized carbons (Fsp3) is 0.667. The van der Waals surface area contributed by atoms with E-state index in [0.29, 0.717) is 5.82 Å². The highest BCUT2D eigenvalue weighted by molar-refractivity contribution is 5.83. The zero-order chi connectivity index (χ0) is 16.0. The molecule has 1 unspecified atom stereocenters. The maximum Gasteiger partial charge on any atom is 0.240 e. The summed E-state index contributed by atoms with van der Waals surface area (Å²) in [6.07, 6.45) is 2.52. The second kappa shape index (κ2) is 7.81. The minimum absolute atomic E-state index is 0.0875. The monoisotopic (exact) mass is 293 g/mol. The summed E-state index contributed by atoms with van der Waals surface area (Å²) in [5.74, 6) is 1.44. The minimum atomic E-state index is -0.448. The molecule has 0 aliphatic rings. The van der Waals surface area contributed by atoms with Gasteiger partial charge in [0, 0.05) is 12.1 Å². The highest BCUT2D eigenvalue weighted by Crippen LogP contribution is 2.29. The number of aromatic nitrogens is 2. The van der Waals surface area contributed by atoms with E-state index in [9.17, 15) is 4.79 Å². The second-order valence-electron chi connectivity index (χ2n) is 5.83. The molecule has 0 saturated heterocycles. The third-order valence-electron chi connectivity index (χ3n) is 3.27. The maximum atomic E-state index is 11.6. The lowest BCUT2D eigenvalue weighted by Gasteiger charge is -2.23. The van der Waals surface area contributed by atoms with Crippen LogP contribution < -0.4 is 16.4 Å². The molecule has 4 N–H and O–H groups in total. The van der Waals surface area contributed by atoms with E-state index in [4.69, 9.17) is 5.73 Å². The molecule has 0 saturated carbocycles. The molecule has 0 fully saturated rings. The Labute approximate surface area is 126 Å². The Morgan fingerprint density at radius 1 is 1.24 bits per heavy atom. The Hall–Kier alpha value is -1.85. The molecule has 1 amide bonds. The van der Waals surface area contributed by atoms with Gasteiger partial charge in [-0.3, -0.25) is 4.79 Å². The second-order valence-corrected chi connectivity index (χ2v) is 5.83. The highest BCUT2D eigenvalue weighted by atomic mass is 16.1. The van der Waals surface area contributed by atoms with E-state index in [1.165, 1.54) is 6.33 Å². The molecule has 21 heavy (non-hydrogen) atoms. The minimum Gasteiger partial charge on any atom is -0.370 e. The number of primary amides is 1. The quantitative estimate of drug-likeness (QED) is 0.684. The molecule has 0 aliphatic carbocycles. The summed E-state index contributed by atoms with van der Waals surface area (Å²) in [5.41, 5.74) is 6.45. The topological polar surface area (TPSA) is 92.9 Å². The summed E-state index contributed by atoms with van der Waals surface area (Å²) in [5, 5.41) is 6.49. The number of nitrogens with one attached hydrogen (secondary N) is 2. The molecule has 6 nitrogen and oxygen atoms in total. The Balaban J connectivity index is 3.13. The molecule has 118 valence electrons. The van der Waals surface area contributed by atoms with Gasteiger partial charge in [-0.05, 0) is 18.3 Å². The van der Waals surface area contributed by atoms with E-state index in [2.05, 4.69) is 41.4 Å². The van der Waals surface area contributed by atoms with E-state index in [1.54, 1.807) is 0 Å². The predicted molar refractivity (Wildman–Crippen MR) is 86.3 cm³/mol. The van der Waals surface area contributed by atoms with Crippen LogP contribution in [0.3, 0.4) is 0 Å². The first-order valence-corrected chi connectivity index (χ1v) is 7.53. The van der Waals surface area contributed by atoms with Crippen molar-refractivity contribution in [3.8, 4) is 0 Å². The molecule has 0 radical (unpaired) electrons. The van der Waals surface area contributed by atoms with E-state index >= 15 is 0 Å². The first-order chi connectivity index (χ1) is 9.88. The Morgan fingerprint density at radius 3 is 2.33 bits per heavy atom. The third kappa shape index (κ3) is 4.58. The average molecular weight is 293 g/mol. The lowest BCUT2D eigenvalue weighted by Crippen LogP contribution is -2.40. The molecular weight excluding hydrogens is 266 g/mol. The molecule has 0 spiro atoms. The number of nitrogens with zero attached hydrogens (tertiary/aromatic N) is 2. The molecule has 1 heterocycles. The van der Waals surface area contributed by atoms with Crippen LogP contribution in [-0.4, -0.2) is 28.5 Å². The van der Waals surface area contributed by atoms with Gasteiger partial charge >= 0.3 is 0 Å². The number of anilines is 2. The van der Waals surface area contributed by atoms with Gasteiger partial charge in [-0.2, -0.15) is 0 Å². The van der Waals surface area contributed by atoms with Crippen LogP contribution in [0.25, 0.3) is 0 Å². The van der Waals surface area contributed by atoms with Gasteiger partial charge in [0.05, 0.1) is 0 Å². The lowest BCUT2D eigenvalue weighted by molar-refractivity contribution is -0.119. The van der Waals surface area contributed by atoms with Crippen LogP contribution in [0.4, 0.5) is 11.6 Å². The standard InChI is InChI=1S/C15H27N5O/c1-6-7-17-14-11(9(2)3)15(19-8-18-14)20-12(10(4)5)13(16)21/h8-10,12H,6-7H2,1-5H3,(H2,16,21)(H2,17,18,19,20). The average Bonchev–Trinajstić information content (AvgIpc) is 2.41. The van der Waals surface area contributed by atoms with Gasteiger partial charge in [0.15, 0.2) is 0 Å². The Morgan fingerprint density at radius 2 is 1.86 bits per heavy atom. The van der Waals surface area contributed by atoms with E-state index in [-0.39, 0.29) is 17.7 Å². The fourth-order valence-corrected chi connectivity index (χ4v) is 2.16. The summed E-state index contributed by atoms with van der Waals surface area (Å²) in [6.45, 7) is 11.0. The molecule has 1 rings (SSSR count). The zero-order valence-electron chi connectivity index (χ0n) is 13.6. The van der Waals surface area contributed by atoms with E-state index < -0.39 is 6.04 Å². The van der Waals surface area contributed by atoms with Crippen LogP contribution in [0.1, 0.15) is 52.5 Å². The van der Waals surface area contributed by atoms with Crippen LogP contribution in [0.2, 0.25) is 0 Å². The molecule has 0 aliphatic heterocycles. The van der Waals surface area contributed by atoms with Gasteiger partial charge in [0.2, 0.25) is 5.91 Å². The number of hydrogen-bond donors (Lipinski definition) is 3. The van der Waals surface area contributed by atoms with Crippen molar-refractivity contribution >= 4 is 17.5 Å². The van der Waals surface area contributed by atoms with Gasteiger partial charge in [0.1, 0.15) is 24.0 Å². The van der Waals surface area contributed by atoms with Gasteiger partial charge in [-0.1, -0.05) is 34.6 Å². The van der Waals surface area contributed by atoms with Crippen molar-refractivity contribution in [2.24, 2.45) is 11.7 Å². The summed E-state index contributed by atoms with van der Waals surface area (Å²) in [4.78, 5) is 20.2. The van der Waals surface area contributed by atoms with Crippen LogP contribution >= 0.6 is 0 Å². The molecule has 1 atom stereocenters. The van der Waals surface area contributed by atoms with Crippen molar-refractivity contribution in [2.45, 2.75) is 53.0 Å². The number of carbonyl (C=O) groups is 1. The SMILES string of the molecule is CCCNc1ncnc(NC(C(N)=O)C(C)C)c1C(C)C. The smallest absolute Gasteiger partial charge is 0.240 e. The molecule has 0 aromatic carbocycles. The Bertz CT molecular complexity index is 473. The molecule has 1 aromatic heterocycles. The number of nitrogens with two attached hydrogens (primary N) is 1. The molecule has 0 bridgehead atoms. The number of hydrogen-bond acceptors (Lipinski definition) is 5. The van der Waals surface area contributed by atoms with Crippen LogP contribution in [0.15, 0.2) is 6.33 Å². The first-order valence-electron chi connectivity index (χ1n) is 7.53. The van der Waals surface area contributed by atoms with Crippen molar-refractivity contribution in [1.82, 2.24) is 9.97 Å². The van der Waals surface area contributed by atoms with Gasteiger partial charge in [0.25, 0.3) is 0 Å². The lowest BCUT2D eigenvalue weighted by atomic mass is 10.0. The Kier molecular flexibility index (Phi) is 6.39. The zero-order valence-corrected chi connectivity index (χ0v) is 13.6. The van der Waals surface area contributed by atoms with Crippen LogP contribution in [0.5, 0.6) is 0 Å². The van der Waals surface area contributed by atoms with Crippen molar-refractivity contribution in [3.63, 3.8) is 0 Å². The summed E-state index contributed by atoms with van der Waals surface area (Å²) in [6, 6.07) is -0.448. The summed E-state index contributed by atoms with van der Waals surface area (Å²) < 4.78 is 0. The largest absolute Gasteiger partial charge is 0.370 e. The number of rotatable bonds is 8. The number of amides is 1. The third-order valence-corrected chi connectivity index (χ3v) is 3.27. The maximum absolute atomic E-state index is 11.6. The number of carbonyl (C=O) groups excluding carboxylic acids is 1. The van der Waals surface area contributed by atoms with Crippen molar-refractivity contribution < 1.29 is 4.79 Å². The van der Waals surface area contributed by atoms with E-state index in [0.717, 1.165) is 24.3 Å². The van der Waals surface area contributed by atoms with Crippen molar-refractivity contribution in [3.05, 3.63) is 11.9 Å². The fourth-order valence-electron chi connectivity index (χ4n) is 2.16. The van der Waals surface area contributed by atoms with Gasteiger partial charge < -0.3 is 16.4 Å². The van der Waals surface area contributed by atoms with Gasteiger partial charge in [-0.15, -0.1) is 0 Å². The molecular formula is C15H27N5O. The molecule has 6 heteroatoms. The summed E-state index contributed by atoms with van der Waals surface area (Å²) in [7, 11) is 0. The predicted octanol–water partition coefficient (Wildman–Crippen LogP) is 2.34. The van der Waals surface area contributed by atoms with Gasteiger partial charge in [-0.25, -0.2) is 9.97 Å². The molecule has 1 aromatic rings. The van der Waals surface area contributed by atoms with Crippen molar-refractivity contribution in [1.29, 1.82) is 0 Å².